The number of carbonyl (C=O) groups is 4. The van der Waals surface area contributed by atoms with E-state index in [0.29, 0.717) is 16.4 Å². The van der Waals surface area contributed by atoms with E-state index in [9.17, 15) is 29.4 Å². The van der Waals surface area contributed by atoms with Gasteiger partial charge in [-0.2, -0.15) is 5.01 Å². The summed E-state index contributed by atoms with van der Waals surface area (Å²) >= 11 is 3.71. The number of β-lactam (4-membered cyclic amide) rings is 1. The van der Waals surface area contributed by atoms with Crippen LogP contribution < -0.4 is 16.6 Å². The van der Waals surface area contributed by atoms with Gasteiger partial charge >= 0.3 is 12.1 Å². The van der Waals surface area contributed by atoms with Crippen molar-refractivity contribution in [1.82, 2.24) is 30.8 Å². The van der Waals surface area contributed by atoms with Gasteiger partial charge < -0.3 is 26.1 Å². The molecule has 5 heterocycles. The number of thioether (sulfide) groups is 2. The summed E-state index contributed by atoms with van der Waals surface area (Å²) in [5, 5.41) is 29.9. The zero-order chi connectivity index (χ0) is 30.3. The third-order valence-electron chi connectivity index (χ3n) is 6.31. The van der Waals surface area contributed by atoms with Gasteiger partial charge in [-0.05, 0) is 17.6 Å². The van der Waals surface area contributed by atoms with E-state index in [1.807, 2.05) is 13.8 Å². The molecule has 6 N–H and O–H groups in total. The fourth-order valence-corrected chi connectivity index (χ4v) is 7.37. The van der Waals surface area contributed by atoms with Gasteiger partial charge in [0.1, 0.15) is 29.9 Å². The highest BCUT2D eigenvalue weighted by atomic mass is 32.2. The van der Waals surface area contributed by atoms with Gasteiger partial charge in [-0.15, -0.1) is 40.4 Å². The number of fused-ring (bicyclic) bond motifs is 2. The Morgan fingerprint density at radius 2 is 2.12 bits per heavy atom. The van der Waals surface area contributed by atoms with Crippen LogP contribution in [0.25, 0.3) is 0 Å². The molecule has 0 bridgehead atoms. The number of thiazole rings is 1. The number of hydrazine groups is 2. The molecule has 222 valence electrons. The quantitative estimate of drug-likeness (QED) is 0.146. The minimum absolute atomic E-state index is 0.0514. The lowest BCUT2D eigenvalue weighted by Gasteiger charge is -2.49. The van der Waals surface area contributed by atoms with E-state index in [4.69, 9.17) is 10.6 Å². The Balaban J connectivity index is 1.32. The number of aromatic nitrogens is 1. The molecule has 0 spiro atoms. The van der Waals surface area contributed by atoms with E-state index in [1.165, 1.54) is 52.1 Å². The highest BCUT2D eigenvalue weighted by Gasteiger charge is 2.54. The summed E-state index contributed by atoms with van der Waals surface area (Å²) in [4.78, 5) is 64.5. The van der Waals surface area contributed by atoms with Gasteiger partial charge in [0.15, 0.2) is 16.7 Å². The van der Waals surface area contributed by atoms with Gasteiger partial charge in [-0.25, -0.2) is 24.6 Å². The first-order chi connectivity index (χ1) is 20.0. The number of aliphatic imine (C=N–C) groups is 1. The number of allylic oxidation sites excluding steroid dienone is 1. The molecule has 5 rings (SSSR count). The van der Waals surface area contributed by atoms with E-state index in [1.54, 1.807) is 6.08 Å². The van der Waals surface area contributed by atoms with Gasteiger partial charge in [0.05, 0.1) is 11.2 Å². The number of rotatable bonds is 9. The highest BCUT2D eigenvalue weighted by molar-refractivity contribution is 8.03. The number of carboxylic acid groups (broad SMARTS) is 2. The predicted octanol–water partition coefficient (Wildman–Crippen LogP) is 1.01. The fourth-order valence-electron chi connectivity index (χ4n) is 4.31. The van der Waals surface area contributed by atoms with E-state index in [-0.39, 0.29) is 39.7 Å². The molecule has 3 amide bonds. The van der Waals surface area contributed by atoms with Crippen LogP contribution in [0.1, 0.15) is 19.5 Å². The smallest absolute Gasteiger partial charge is 0.427 e. The Kier molecular flexibility index (Phi) is 8.17. The first kappa shape index (κ1) is 29.4. The third-order valence-corrected chi connectivity index (χ3v) is 9.41. The van der Waals surface area contributed by atoms with E-state index in [0.717, 1.165) is 22.1 Å². The maximum absolute atomic E-state index is 13.2. The molecular weight excluding hydrogens is 611 g/mol. The zero-order valence-corrected chi connectivity index (χ0v) is 24.7. The summed E-state index contributed by atoms with van der Waals surface area (Å²) in [5.74, 6) is -1.65. The summed E-state index contributed by atoms with van der Waals surface area (Å²) < 4.78 is 0. The molecule has 2 atom stereocenters. The van der Waals surface area contributed by atoms with Crippen molar-refractivity contribution in [2.75, 3.05) is 24.3 Å². The SMILES string of the molecule is CON=C(C(=O)N[C@@H]1C(=O)N2C(C(=O)O)=C(CSC3=CC(C(C)C)=NC4=CN(C(=O)O)NN43)CS[C@H]12)c1csc(N)n1. The van der Waals surface area contributed by atoms with Crippen LogP contribution in [0.15, 0.2) is 49.9 Å². The molecular formula is C23H25N9O7S3. The van der Waals surface area contributed by atoms with Crippen molar-refractivity contribution < 1.29 is 34.2 Å². The average molecular weight is 636 g/mol. The second-order valence-electron chi connectivity index (χ2n) is 9.35. The van der Waals surface area contributed by atoms with E-state index < -0.39 is 35.3 Å². The van der Waals surface area contributed by atoms with Crippen molar-refractivity contribution >= 4 is 75.3 Å². The number of carbonyl (C=O) groups excluding carboxylic acids is 2. The number of oxime groups is 1. The molecule has 4 aliphatic rings. The van der Waals surface area contributed by atoms with Crippen LogP contribution >= 0.6 is 34.9 Å². The molecule has 19 heteroatoms. The molecule has 0 radical (unpaired) electrons. The Hall–Kier alpha value is -4.07. The second kappa shape index (κ2) is 11.7. The minimum atomic E-state index is -1.27. The summed E-state index contributed by atoms with van der Waals surface area (Å²) in [6, 6.07) is -0.988. The lowest BCUT2D eigenvalue weighted by Crippen LogP contribution is -2.71. The van der Waals surface area contributed by atoms with Crippen molar-refractivity contribution in [2.24, 2.45) is 16.1 Å². The number of aliphatic carboxylic acids is 1. The Labute approximate surface area is 250 Å². The molecule has 16 nitrogen and oxygen atoms in total. The van der Waals surface area contributed by atoms with Gasteiger partial charge in [0.2, 0.25) is 0 Å². The van der Waals surface area contributed by atoms with Crippen molar-refractivity contribution in [3.8, 4) is 0 Å². The molecule has 1 fully saturated rings. The number of nitrogens with one attached hydrogen (secondary N) is 2. The molecule has 0 saturated carbocycles. The monoisotopic (exact) mass is 635 g/mol. The lowest BCUT2D eigenvalue weighted by molar-refractivity contribution is -0.150. The van der Waals surface area contributed by atoms with Crippen LogP contribution in [0.3, 0.4) is 0 Å². The molecule has 0 aromatic carbocycles. The van der Waals surface area contributed by atoms with E-state index >= 15 is 0 Å². The fraction of sp³-hybridized carbons (Fsp3) is 0.348. The average Bonchev–Trinajstić information content (AvgIpc) is 3.58. The minimum Gasteiger partial charge on any atom is -0.477 e. The van der Waals surface area contributed by atoms with Gasteiger partial charge in [0, 0.05) is 22.6 Å². The van der Waals surface area contributed by atoms with Crippen LogP contribution in [0.5, 0.6) is 0 Å². The van der Waals surface area contributed by atoms with Crippen molar-refractivity contribution in [3.63, 3.8) is 0 Å². The maximum atomic E-state index is 13.2. The Morgan fingerprint density at radius 3 is 2.74 bits per heavy atom. The topological polar surface area (TPSA) is 215 Å². The number of hydrogen-bond donors (Lipinski definition) is 5. The predicted molar refractivity (Wildman–Crippen MR) is 155 cm³/mol. The first-order valence-corrected chi connectivity index (χ1v) is 15.2. The van der Waals surface area contributed by atoms with Gasteiger partial charge in [-0.1, -0.05) is 19.0 Å². The van der Waals surface area contributed by atoms with Crippen LogP contribution in [0.2, 0.25) is 0 Å². The molecule has 0 unspecified atom stereocenters. The van der Waals surface area contributed by atoms with Crippen molar-refractivity contribution in [1.29, 1.82) is 0 Å². The number of anilines is 1. The van der Waals surface area contributed by atoms with Crippen molar-refractivity contribution in [3.05, 3.63) is 45.5 Å². The molecule has 1 aromatic heterocycles. The molecule has 0 aliphatic carbocycles. The largest absolute Gasteiger partial charge is 0.477 e. The number of hydrogen-bond acceptors (Lipinski definition) is 14. The number of nitrogens with two attached hydrogens (primary N) is 1. The molecule has 1 aromatic rings. The Morgan fingerprint density at radius 1 is 1.36 bits per heavy atom. The summed E-state index contributed by atoms with van der Waals surface area (Å²) in [7, 11) is 1.26. The zero-order valence-electron chi connectivity index (χ0n) is 22.3. The summed E-state index contributed by atoms with van der Waals surface area (Å²) in [5.41, 5.74) is 9.48. The number of amides is 3. The van der Waals surface area contributed by atoms with Crippen molar-refractivity contribution in [2.45, 2.75) is 25.3 Å². The first-order valence-electron chi connectivity index (χ1n) is 12.3. The van der Waals surface area contributed by atoms with Crippen LogP contribution in [-0.2, 0) is 19.2 Å². The Bertz CT molecular complexity index is 1520. The van der Waals surface area contributed by atoms with Gasteiger partial charge in [-0.3, -0.25) is 14.5 Å². The molecule has 1 saturated heterocycles. The standard InChI is InChI=1S/C23H25N9O7S3/c1-9(2)11-4-14(32-13(25-11)5-30(29-32)23(37)38)40-6-10-7-41-20-16(19(34)31(20)17(10)21(35)36)27-18(33)15(28-39-3)12-8-42-22(24)26-12/h4-5,8-9,16,20,29H,6-7H2,1-3H3,(H2,24,26)(H,27,33)(H,35,36)(H,37,38)/t16-,20-/m1/s1. The maximum Gasteiger partial charge on any atom is 0.427 e. The van der Waals surface area contributed by atoms with Crippen LogP contribution in [0, 0.1) is 5.92 Å². The number of carboxylic acids is 1. The van der Waals surface area contributed by atoms with Crippen LogP contribution in [0.4, 0.5) is 9.93 Å². The number of nitrogen functional groups attached to an aromatic ring is 1. The molecule has 4 aliphatic heterocycles. The second-order valence-corrected chi connectivity index (χ2v) is 12.3. The lowest BCUT2D eigenvalue weighted by atomic mass is 10.0. The summed E-state index contributed by atoms with van der Waals surface area (Å²) in [6.45, 7) is 3.91. The highest BCUT2D eigenvalue weighted by Crippen LogP contribution is 2.42. The van der Waals surface area contributed by atoms with Gasteiger partial charge in [0.25, 0.3) is 11.8 Å². The third kappa shape index (κ3) is 5.42. The normalized spacial score (nSPS) is 21.8. The van der Waals surface area contributed by atoms with E-state index in [2.05, 4.69) is 26.0 Å². The molecule has 42 heavy (non-hydrogen) atoms. The number of nitrogens with zero attached hydrogens (tertiary/aromatic N) is 6. The summed E-state index contributed by atoms with van der Waals surface area (Å²) in [6.07, 6.45) is 1.93. The van der Waals surface area contributed by atoms with Crippen LogP contribution in [-0.4, -0.2) is 95.4 Å².